The number of fused-ring (bicyclic) bond motifs is 1. The highest BCUT2D eigenvalue weighted by atomic mass is 16.1. The van der Waals surface area contributed by atoms with Gasteiger partial charge >= 0.3 is 0 Å². The smallest absolute Gasteiger partial charge is 0.250 e. The maximum Gasteiger partial charge on any atom is 0.250 e. The molecule has 0 fully saturated rings. The molecule has 0 unspecified atom stereocenters. The van der Waals surface area contributed by atoms with E-state index in [9.17, 15) is 4.79 Å². The van der Waals surface area contributed by atoms with Crippen LogP contribution in [0.25, 0.3) is 10.9 Å². The average Bonchev–Trinajstić information content (AvgIpc) is 3.23. The Morgan fingerprint density at radius 1 is 0.969 bits per heavy atom. The number of hydrogen-bond acceptors (Lipinski definition) is 2. The number of nitrogens with zero attached hydrogens (tertiary/aromatic N) is 2. The Hall–Kier alpha value is -3.80. The molecule has 0 saturated heterocycles. The van der Waals surface area contributed by atoms with Gasteiger partial charge in [0.2, 0.25) is 0 Å². The summed E-state index contributed by atoms with van der Waals surface area (Å²) < 4.78 is 1.70. The number of nitrogens with one attached hydrogen (secondary N) is 3. The summed E-state index contributed by atoms with van der Waals surface area (Å²) >= 11 is 0. The Kier molecular flexibility index (Phi) is 7.02. The summed E-state index contributed by atoms with van der Waals surface area (Å²) in [4.78, 5) is 19.9. The maximum absolute atomic E-state index is 11.9. The number of aromatic nitrogens is 2. The van der Waals surface area contributed by atoms with E-state index in [2.05, 4.69) is 71.2 Å². The van der Waals surface area contributed by atoms with Crippen LogP contribution < -0.4 is 16.2 Å². The number of benzene rings is 2. The molecule has 0 aliphatic heterocycles. The van der Waals surface area contributed by atoms with Gasteiger partial charge in [-0.25, -0.2) is 4.99 Å². The van der Waals surface area contributed by atoms with E-state index < -0.39 is 0 Å². The summed E-state index contributed by atoms with van der Waals surface area (Å²) in [5, 5.41) is 8.02. The molecule has 2 heterocycles. The topological polar surface area (TPSA) is 74.2 Å². The quantitative estimate of drug-likeness (QED) is 0.297. The third-order valence-corrected chi connectivity index (χ3v) is 5.40. The molecule has 2 aromatic carbocycles. The van der Waals surface area contributed by atoms with E-state index in [0.29, 0.717) is 13.1 Å². The van der Waals surface area contributed by atoms with Gasteiger partial charge in [0.1, 0.15) is 0 Å². The molecule has 0 saturated carbocycles. The normalized spacial score (nSPS) is 11.6. The van der Waals surface area contributed by atoms with Gasteiger partial charge in [-0.3, -0.25) is 4.79 Å². The first kappa shape index (κ1) is 21.4. The van der Waals surface area contributed by atoms with Crippen molar-refractivity contribution < 1.29 is 0 Å². The highest BCUT2D eigenvalue weighted by molar-refractivity contribution is 5.83. The van der Waals surface area contributed by atoms with E-state index in [1.807, 2.05) is 18.3 Å². The Morgan fingerprint density at radius 2 is 1.75 bits per heavy atom. The standard InChI is InChI=1S/C26H29N5O/c1-2-27-26(28-15-14-22-18-29-24-8-4-3-7-23(22)24)30-17-20-10-12-21(13-11-20)19-31-16-6-5-9-25(31)32/h3-13,16,18,29H,2,14-15,17,19H2,1H3,(H2,27,28,30). The fraction of sp³-hybridized carbons (Fsp3) is 0.231. The SMILES string of the molecule is CCNC(=NCc1ccc(Cn2ccccc2=O)cc1)NCCc1c[nH]c2ccccc12. The van der Waals surface area contributed by atoms with Gasteiger partial charge in [-0.15, -0.1) is 0 Å². The van der Waals surface area contributed by atoms with Crippen LogP contribution in [0.4, 0.5) is 0 Å². The molecule has 0 amide bonds. The van der Waals surface area contributed by atoms with Crippen LogP contribution in [0.15, 0.2) is 88.9 Å². The molecule has 0 atom stereocenters. The van der Waals surface area contributed by atoms with Crippen molar-refractivity contribution in [3.8, 4) is 0 Å². The second-order valence-corrected chi connectivity index (χ2v) is 7.71. The second kappa shape index (κ2) is 10.5. The molecule has 3 N–H and O–H groups in total. The zero-order valence-electron chi connectivity index (χ0n) is 18.3. The zero-order valence-corrected chi connectivity index (χ0v) is 18.3. The van der Waals surface area contributed by atoms with Crippen molar-refractivity contribution in [3.05, 3.63) is 106 Å². The lowest BCUT2D eigenvalue weighted by Crippen LogP contribution is -2.38. The van der Waals surface area contributed by atoms with Crippen LogP contribution in [0.1, 0.15) is 23.6 Å². The van der Waals surface area contributed by atoms with Crippen molar-refractivity contribution in [2.24, 2.45) is 4.99 Å². The van der Waals surface area contributed by atoms with Crippen molar-refractivity contribution in [2.75, 3.05) is 13.1 Å². The summed E-state index contributed by atoms with van der Waals surface area (Å²) in [6, 6.07) is 21.8. The number of guanidine groups is 1. The van der Waals surface area contributed by atoms with E-state index in [1.165, 1.54) is 16.5 Å². The predicted octanol–water partition coefficient (Wildman–Crippen LogP) is 3.68. The Balaban J connectivity index is 1.33. The summed E-state index contributed by atoms with van der Waals surface area (Å²) in [7, 11) is 0. The van der Waals surface area contributed by atoms with Crippen LogP contribution in [0.2, 0.25) is 0 Å². The van der Waals surface area contributed by atoms with E-state index in [-0.39, 0.29) is 5.56 Å². The Labute approximate surface area is 188 Å². The van der Waals surface area contributed by atoms with E-state index >= 15 is 0 Å². The number of para-hydroxylation sites is 1. The predicted molar refractivity (Wildman–Crippen MR) is 131 cm³/mol. The van der Waals surface area contributed by atoms with Crippen molar-refractivity contribution in [1.29, 1.82) is 0 Å². The molecule has 164 valence electrons. The molecule has 32 heavy (non-hydrogen) atoms. The lowest BCUT2D eigenvalue weighted by Gasteiger charge is -2.11. The van der Waals surface area contributed by atoms with Crippen LogP contribution >= 0.6 is 0 Å². The Bertz CT molecular complexity index is 1240. The molecule has 0 aliphatic carbocycles. The largest absolute Gasteiger partial charge is 0.361 e. The molecule has 4 aromatic rings. The highest BCUT2D eigenvalue weighted by Crippen LogP contribution is 2.17. The van der Waals surface area contributed by atoms with Gasteiger partial charge in [0.15, 0.2) is 5.96 Å². The number of aromatic amines is 1. The number of pyridine rings is 1. The summed E-state index contributed by atoms with van der Waals surface area (Å²) in [6.07, 6.45) is 4.81. The molecule has 0 aliphatic rings. The fourth-order valence-corrected chi connectivity index (χ4v) is 3.70. The number of H-pyrrole nitrogens is 1. The average molecular weight is 428 g/mol. The Morgan fingerprint density at radius 3 is 2.56 bits per heavy atom. The molecular weight excluding hydrogens is 398 g/mol. The molecule has 6 nitrogen and oxygen atoms in total. The van der Waals surface area contributed by atoms with E-state index in [0.717, 1.165) is 36.6 Å². The monoisotopic (exact) mass is 427 g/mol. The van der Waals surface area contributed by atoms with Gasteiger partial charge in [-0.05, 0) is 42.2 Å². The van der Waals surface area contributed by atoms with Gasteiger partial charge in [-0.2, -0.15) is 0 Å². The van der Waals surface area contributed by atoms with Crippen molar-refractivity contribution >= 4 is 16.9 Å². The maximum atomic E-state index is 11.9. The van der Waals surface area contributed by atoms with E-state index in [4.69, 9.17) is 4.99 Å². The first-order valence-corrected chi connectivity index (χ1v) is 11.0. The zero-order chi connectivity index (χ0) is 22.2. The van der Waals surface area contributed by atoms with Gasteiger partial charge in [-0.1, -0.05) is 48.5 Å². The molecule has 0 spiro atoms. The molecule has 6 heteroatoms. The summed E-state index contributed by atoms with van der Waals surface area (Å²) in [5.41, 5.74) is 4.70. The van der Waals surface area contributed by atoms with Crippen LogP contribution in [-0.2, 0) is 19.5 Å². The van der Waals surface area contributed by atoms with Gasteiger partial charge in [0.05, 0.1) is 13.1 Å². The molecule has 0 bridgehead atoms. The first-order valence-electron chi connectivity index (χ1n) is 11.0. The van der Waals surface area contributed by atoms with Crippen LogP contribution in [0.5, 0.6) is 0 Å². The first-order chi connectivity index (χ1) is 15.7. The number of rotatable bonds is 8. The second-order valence-electron chi connectivity index (χ2n) is 7.71. The van der Waals surface area contributed by atoms with Gasteiger partial charge in [0, 0.05) is 42.5 Å². The summed E-state index contributed by atoms with van der Waals surface area (Å²) in [6.45, 7) is 4.84. The highest BCUT2D eigenvalue weighted by Gasteiger charge is 2.04. The van der Waals surface area contributed by atoms with E-state index in [1.54, 1.807) is 16.7 Å². The minimum Gasteiger partial charge on any atom is -0.361 e. The van der Waals surface area contributed by atoms with Crippen LogP contribution in [0.3, 0.4) is 0 Å². The molecule has 0 radical (unpaired) electrons. The third-order valence-electron chi connectivity index (χ3n) is 5.40. The lowest BCUT2D eigenvalue weighted by molar-refractivity contribution is 0.759. The lowest BCUT2D eigenvalue weighted by atomic mass is 10.1. The minimum absolute atomic E-state index is 0.00942. The third kappa shape index (κ3) is 5.46. The molecule has 4 rings (SSSR count). The van der Waals surface area contributed by atoms with Crippen LogP contribution in [-0.4, -0.2) is 28.6 Å². The number of aliphatic imine (C=N–C) groups is 1. The minimum atomic E-state index is 0.00942. The van der Waals surface area contributed by atoms with Crippen molar-refractivity contribution in [2.45, 2.75) is 26.4 Å². The number of hydrogen-bond donors (Lipinski definition) is 3. The molecular formula is C26H29N5O. The van der Waals surface area contributed by atoms with Gasteiger partial charge in [0.25, 0.3) is 5.56 Å². The van der Waals surface area contributed by atoms with Crippen molar-refractivity contribution in [1.82, 2.24) is 20.2 Å². The van der Waals surface area contributed by atoms with Crippen molar-refractivity contribution in [3.63, 3.8) is 0 Å². The van der Waals surface area contributed by atoms with Gasteiger partial charge < -0.3 is 20.2 Å². The fourth-order valence-electron chi connectivity index (χ4n) is 3.70. The molecule has 2 aromatic heterocycles. The summed E-state index contributed by atoms with van der Waals surface area (Å²) in [5.74, 6) is 0.812. The van der Waals surface area contributed by atoms with Crippen LogP contribution in [0, 0.1) is 0 Å².